The average Bonchev–Trinajstić information content (AvgIpc) is 2.28. The molecular weight excluding hydrogens is 230 g/mol. The van der Waals surface area contributed by atoms with Crippen LogP contribution in [0.2, 0.25) is 0 Å². The van der Waals surface area contributed by atoms with Crippen molar-refractivity contribution < 1.29 is 27.2 Å². The molecule has 1 rings (SSSR count). The summed E-state index contributed by atoms with van der Waals surface area (Å²) in [7, 11) is 0. The van der Waals surface area contributed by atoms with Crippen molar-refractivity contribution in [3.05, 3.63) is 34.9 Å². The fourth-order valence-electron chi connectivity index (χ4n) is 0.931. The van der Waals surface area contributed by atoms with Crippen LogP contribution in [0.3, 0.4) is 0 Å². The second kappa shape index (κ2) is 4.93. The smallest absolute Gasteiger partial charge is 0.274 e. The van der Waals surface area contributed by atoms with E-state index in [2.05, 4.69) is 4.84 Å². The summed E-state index contributed by atoms with van der Waals surface area (Å²) in [5, 5.41) is 0. The Bertz CT molecular complexity index is 422. The molecule has 16 heavy (non-hydrogen) atoms. The van der Waals surface area contributed by atoms with Crippen molar-refractivity contribution in [2.75, 3.05) is 6.61 Å². The molecule has 0 atom stereocenters. The number of rotatable bonds is 3. The van der Waals surface area contributed by atoms with E-state index in [1.54, 1.807) is 5.48 Å². The van der Waals surface area contributed by atoms with Gasteiger partial charge in [-0.1, -0.05) is 0 Å². The summed E-state index contributed by atoms with van der Waals surface area (Å²) in [6, 6.07) is 0.252. The van der Waals surface area contributed by atoms with Gasteiger partial charge in [0.15, 0.2) is 23.3 Å². The lowest BCUT2D eigenvalue weighted by Gasteiger charge is -2.06. The summed E-state index contributed by atoms with van der Waals surface area (Å²) < 4.78 is 51.0. The number of carbonyl (C=O) groups is 1. The summed E-state index contributed by atoms with van der Waals surface area (Å²) in [5.74, 6) is -8.62. The van der Waals surface area contributed by atoms with Crippen molar-refractivity contribution in [3.63, 3.8) is 0 Å². The van der Waals surface area contributed by atoms with Gasteiger partial charge in [-0.05, 0) is 13.0 Å². The van der Waals surface area contributed by atoms with Crippen LogP contribution >= 0.6 is 0 Å². The number of carbonyl (C=O) groups excluding carboxylic acids is 1. The van der Waals surface area contributed by atoms with Gasteiger partial charge >= 0.3 is 0 Å². The van der Waals surface area contributed by atoms with E-state index in [0.717, 1.165) is 0 Å². The van der Waals surface area contributed by atoms with Crippen LogP contribution in [0, 0.1) is 23.3 Å². The van der Waals surface area contributed by atoms with E-state index in [1.807, 2.05) is 0 Å². The van der Waals surface area contributed by atoms with E-state index < -0.39 is 34.7 Å². The van der Waals surface area contributed by atoms with E-state index in [9.17, 15) is 22.4 Å². The zero-order chi connectivity index (χ0) is 12.3. The number of nitrogens with one attached hydrogen (secondary N) is 1. The number of halogens is 4. The quantitative estimate of drug-likeness (QED) is 0.377. The Balaban J connectivity index is 3.10. The van der Waals surface area contributed by atoms with Gasteiger partial charge in [-0.2, -0.15) is 0 Å². The average molecular weight is 237 g/mol. The summed E-state index contributed by atoms with van der Waals surface area (Å²) in [6.45, 7) is 1.61. The van der Waals surface area contributed by atoms with Crippen LogP contribution in [-0.2, 0) is 4.84 Å². The summed E-state index contributed by atoms with van der Waals surface area (Å²) >= 11 is 0. The summed E-state index contributed by atoms with van der Waals surface area (Å²) in [5.41, 5.74) is 0.761. The Morgan fingerprint density at radius 2 is 1.88 bits per heavy atom. The van der Waals surface area contributed by atoms with Gasteiger partial charge in [-0.15, -0.1) is 0 Å². The van der Waals surface area contributed by atoms with Gasteiger partial charge in [-0.25, -0.2) is 23.0 Å². The second-order valence-electron chi connectivity index (χ2n) is 2.71. The van der Waals surface area contributed by atoms with E-state index in [1.165, 1.54) is 6.92 Å². The van der Waals surface area contributed by atoms with Crippen molar-refractivity contribution in [3.8, 4) is 0 Å². The highest BCUT2D eigenvalue weighted by Crippen LogP contribution is 2.18. The highest BCUT2D eigenvalue weighted by atomic mass is 19.2. The largest absolute Gasteiger partial charge is 0.278 e. The first-order valence-electron chi connectivity index (χ1n) is 4.24. The lowest BCUT2D eigenvalue weighted by molar-refractivity contribution is 0.0359. The third-order valence-corrected chi connectivity index (χ3v) is 1.66. The highest BCUT2D eigenvalue weighted by Gasteiger charge is 2.22. The molecule has 0 aromatic heterocycles. The molecule has 7 heteroatoms. The third kappa shape index (κ3) is 2.30. The predicted molar refractivity (Wildman–Crippen MR) is 45.4 cm³/mol. The SMILES string of the molecule is CCONC(=O)c1cc(F)c(F)c(F)c1F. The number of benzene rings is 1. The van der Waals surface area contributed by atoms with E-state index >= 15 is 0 Å². The van der Waals surface area contributed by atoms with Crippen molar-refractivity contribution in [1.82, 2.24) is 5.48 Å². The van der Waals surface area contributed by atoms with E-state index in [4.69, 9.17) is 0 Å². The van der Waals surface area contributed by atoms with Gasteiger partial charge in [-0.3, -0.25) is 9.63 Å². The molecular formula is C9H7F4NO2. The maximum Gasteiger partial charge on any atom is 0.278 e. The first kappa shape index (κ1) is 12.4. The lowest BCUT2D eigenvalue weighted by Crippen LogP contribution is -2.25. The van der Waals surface area contributed by atoms with Crippen molar-refractivity contribution >= 4 is 5.91 Å². The molecule has 1 aromatic rings. The van der Waals surface area contributed by atoms with E-state index in [0.29, 0.717) is 0 Å². The van der Waals surface area contributed by atoms with Crippen LogP contribution in [0.25, 0.3) is 0 Å². The molecule has 1 N–H and O–H groups in total. The molecule has 0 heterocycles. The molecule has 0 saturated carbocycles. The lowest BCUT2D eigenvalue weighted by atomic mass is 10.2. The fourth-order valence-corrected chi connectivity index (χ4v) is 0.931. The maximum absolute atomic E-state index is 13.0. The predicted octanol–water partition coefficient (Wildman–Crippen LogP) is 1.92. The van der Waals surface area contributed by atoms with Crippen LogP contribution < -0.4 is 5.48 Å². The summed E-state index contributed by atoms with van der Waals surface area (Å²) in [4.78, 5) is 15.5. The molecule has 1 amide bonds. The molecule has 0 aliphatic carbocycles. The molecule has 88 valence electrons. The Hall–Kier alpha value is -1.63. The molecule has 0 aliphatic heterocycles. The minimum Gasteiger partial charge on any atom is -0.274 e. The zero-order valence-corrected chi connectivity index (χ0v) is 8.11. The molecule has 0 radical (unpaired) electrons. The second-order valence-corrected chi connectivity index (χ2v) is 2.71. The van der Waals surface area contributed by atoms with Gasteiger partial charge in [0.2, 0.25) is 0 Å². The minimum atomic E-state index is -2.04. The van der Waals surface area contributed by atoms with Gasteiger partial charge in [0.05, 0.1) is 12.2 Å². The number of hydroxylamine groups is 1. The van der Waals surface area contributed by atoms with Gasteiger partial charge in [0.1, 0.15) is 0 Å². The molecule has 0 saturated heterocycles. The van der Waals surface area contributed by atoms with Crippen LogP contribution in [0.4, 0.5) is 17.6 Å². The van der Waals surface area contributed by atoms with Crippen LogP contribution in [0.5, 0.6) is 0 Å². The number of hydrogen-bond acceptors (Lipinski definition) is 2. The molecule has 0 aliphatic rings. The van der Waals surface area contributed by atoms with E-state index in [-0.39, 0.29) is 12.7 Å². The maximum atomic E-state index is 13.0. The number of hydrogen-bond donors (Lipinski definition) is 1. The molecule has 3 nitrogen and oxygen atoms in total. The van der Waals surface area contributed by atoms with Gasteiger partial charge in [0, 0.05) is 0 Å². The first-order valence-corrected chi connectivity index (χ1v) is 4.24. The molecule has 1 aromatic carbocycles. The first-order chi connectivity index (χ1) is 7.49. The molecule has 0 fully saturated rings. The van der Waals surface area contributed by atoms with Crippen molar-refractivity contribution in [2.45, 2.75) is 6.92 Å². The molecule has 0 unspecified atom stereocenters. The van der Waals surface area contributed by atoms with Crippen LogP contribution in [0.15, 0.2) is 6.07 Å². The van der Waals surface area contributed by atoms with Crippen molar-refractivity contribution in [2.24, 2.45) is 0 Å². The Morgan fingerprint density at radius 3 is 2.44 bits per heavy atom. The number of amides is 1. The molecule has 0 spiro atoms. The third-order valence-electron chi connectivity index (χ3n) is 1.66. The van der Waals surface area contributed by atoms with Crippen LogP contribution in [-0.4, -0.2) is 12.5 Å². The summed E-state index contributed by atoms with van der Waals surface area (Å²) in [6.07, 6.45) is 0. The monoisotopic (exact) mass is 237 g/mol. The standard InChI is InChI=1S/C9H7F4NO2/c1-2-16-14-9(15)4-3-5(10)7(12)8(13)6(4)11/h3H,2H2,1H3,(H,14,15). The highest BCUT2D eigenvalue weighted by molar-refractivity contribution is 5.93. The fraction of sp³-hybridized carbons (Fsp3) is 0.222. The normalized spacial score (nSPS) is 10.3. The Morgan fingerprint density at radius 1 is 1.25 bits per heavy atom. The molecule has 0 bridgehead atoms. The van der Waals surface area contributed by atoms with Gasteiger partial charge in [0.25, 0.3) is 5.91 Å². The van der Waals surface area contributed by atoms with Crippen LogP contribution in [0.1, 0.15) is 17.3 Å². The van der Waals surface area contributed by atoms with Gasteiger partial charge < -0.3 is 0 Å². The Labute approximate surface area is 88.0 Å². The topological polar surface area (TPSA) is 38.3 Å². The Kier molecular flexibility index (Phi) is 3.83. The minimum absolute atomic E-state index is 0.0829. The zero-order valence-electron chi connectivity index (χ0n) is 8.11. The van der Waals surface area contributed by atoms with Crippen molar-refractivity contribution in [1.29, 1.82) is 0 Å².